The molecule has 112 valence electrons. The van der Waals surface area contributed by atoms with Gasteiger partial charge in [0.15, 0.2) is 0 Å². The van der Waals surface area contributed by atoms with Gasteiger partial charge in [-0.1, -0.05) is 39.7 Å². The summed E-state index contributed by atoms with van der Waals surface area (Å²) in [5, 5.41) is 3.69. The largest absolute Gasteiger partial charge is 0.493 e. The van der Waals surface area contributed by atoms with Crippen LogP contribution in [0.25, 0.3) is 0 Å². The zero-order valence-electron chi connectivity index (χ0n) is 13.2. The molecule has 0 aromatic heterocycles. The predicted molar refractivity (Wildman–Crippen MR) is 86.4 cm³/mol. The number of anilines is 1. The number of ether oxygens (including phenoxy) is 1. The van der Waals surface area contributed by atoms with E-state index in [-0.39, 0.29) is 0 Å². The first kappa shape index (κ1) is 15.2. The van der Waals surface area contributed by atoms with Gasteiger partial charge in [-0.2, -0.15) is 0 Å². The third kappa shape index (κ3) is 5.07. The number of benzene rings is 1. The van der Waals surface area contributed by atoms with Crippen LogP contribution in [0.3, 0.4) is 0 Å². The zero-order chi connectivity index (χ0) is 14.4. The van der Waals surface area contributed by atoms with Crippen LogP contribution in [0.1, 0.15) is 52.9 Å². The van der Waals surface area contributed by atoms with Crippen LogP contribution in [0.5, 0.6) is 5.75 Å². The SMILES string of the molecule is CC(C)COc1cccc(NC2CCCC(C)CC2)c1. The molecule has 1 fully saturated rings. The first-order valence-electron chi connectivity index (χ1n) is 8.13. The molecular formula is C18H29NO. The number of nitrogens with one attached hydrogen (secondary N) is 1. The highest BCUT2D eigenvalue weighted by Gasteiger charge is 2.15. The van der Waals surface area contributed by atoms with Gasteiger partial charge in [0.1, 0.15) is 5.75 Å². The topological polar surface area (TPSA) is 21.3 Å². The van der Waals surface area contributed by atoms with Crippen molar-refractivity contribution in [3.05, 3.63) is 24.3 Å². The molecular weight excluding hydrogens is 246 g/mol. The summed E-state index contributed by atoms with van der Waals surface area (Å²) in [5.41, 5.74) is 1.20. The molecule has 0 bridgehead atoms. The molecule has 0 amide bonds. The van der Waals surface area contributed by atoms with Crippen molar-refractivity contribution in [1.82, 2.24) is 0 Å². The summed E-state index contributed by atoms with van der Waals surface area (Å²) in [7, 11) is 0. The zero-order valence-corrected chi connectivity index (χ0v) is 13.2. The molecule has 1 aromatic rings. The van der Waals surface area contributed by atoms with Gasteiger partial charge in [0.2, 0.25) is 0 Å². The molecule has 2 heteroatoms. The Morgan fingerprint density at radius 3 is 2.85 bits per heavy atom. The summed E-state index contributed by atoms with van der Waals surface area (Å²) in [4.78, 5) is 0. The molecule has 0 heterocycles. The smallest absolute Gasteiger partial charge is 0.121 e. The quantitative estimate of drug-likeness (QED) is 0.755. The lowest BCUT2D eigenvalue weighted by molar-refractivity contribution is 0.271. The molecule has 2 unspecified atom stereocenters. The molecule has 20 heavy (non-hydrogen) atoms. The van der Waals surface area contributed by atoms with E-state index in [4.69, 9.17) is 4.74 Å². The van der Waals surface area contributed by atoms with Gasteiger partial charge in [0, 0.05) is 17.8 Å². The van der Waals surface area contributed by atoms with Crippen LogP contribution in [-0.4, -0.2) is 12.6 Å². The lowest BCUT2D eigenvalue weighted by atomic mass is 10.0. The maximum atomic E-state index is 5.80. The minimum Gasteiger partial charge on any atom is -0.493 e. The van der Waals surface area contributed by atoms with Gasteiger partial charge in [-0.15, -0.1) is 0 Å². The van der Waals surface area contributed by atoms with Crippen molar-refractivity contribution in [2.75, 3.05) is 11.9 Å². The third-order valence-corrected chi connectivity index (χ3v) is 4.05. The van der Waals surface area contributed by atoms with Crippen LogP contribution in [0, 0.1) is 11.8 Å². The first-order valence-corrected chi connectivity index (χ1v) is 8.13. The third-order valence-electron chi connectivity index (χ3n) is 4.05. The molecule has 2 nitrogen and oxygen atoms in total. The summed E-state index contributed by atoms with van der Waals surface area (Å²) in [6, 6.07) is 9.04. The number of rotatable bonds is 5. The van der Waals surface area contributed by atoms with E-state index in [1.54, 1.807) is 0 Å². The minimum absolute atomic E-state index is 0.565. The standard InChI is InChI=1S/C18H29NO/c1-14(2)13-20-18-9-5-8-17(12-18)19-16-7-4-6-15(3)10-11-16/h5,8-9,12,14-16,19H,4,6-7,10-11,13H2,1-3H3. The first-order chi connectivity index (χ1) is 9.63. The van der Waals surface area contributed by atoms with E-state index in [0.717, 1.165) is 18.3 Å². The normalized spacial score (nSPS) is 23.4. The van der Waals surface area contributed by atoms with Crippen molar-refractivity contribution >= 4 is 5.69 Å². The maximum Gasteiger partial charge on any atom is 0.121 e. The Balaban J connectivity index is 1.90. The lowest BCUT2D eigenvalue weighted by Gasteiger charge is -2.18. The van der Waals surface area contributed by atoms with Crippen molar-refractivity contribution in [1.29, 1.82) is 0 Å². The summed E-state index contributed by atoms with van der Waals surface area (Å²) in [6.07, 6.45) is 6.67. The monoisotopic (exact) mass is 275 g/mol. The van der Waals surface area contributed by atoms with E-state index < -0.39 is 0 Å². The highest BCUT2D eigenvalue weighted by atomic mass is 16.5. The fourth-order valence-electron chi connectivity index (χ4n) is 2.81. The van der Waals surface area contributed by atoms with Crippen LogP contribution in [0.2, 0.25) is 0 Å². The van der Waals surface area contributed by atoms with Crippen LogP contribution in [0.4, 0.5) is 5.69 Å². The van der Waals surface area contributed by atoms with Crippen molar-refractivity contribution in [3.8, 4) is 5.75 Å². The van der Waals surface area contributed by atoms with Gasteiger partial charge < -0.3 is 10.1 Å². The average Bonchev–Trinajstić information content (AvgIpc) is 2.62. The van der Waals surface area contributed by atoms with E-state index in [9.17, 15) is 0 Å². The second-order valence-electron chi connectivity index (χ2n) is 6.69. The van der Waals surface area contributed by atoms with Crippen LogP contribution >= 0.6 is 0 Å². The molecule has 0 radical (unpaired) electrons. The summed E-state index contributed by atoms with van der Waals surface area (Å²) in [6.45, 7) is 7.51. The Labute approximate surface area is 123 Å². The van der Waals surface area contributed by atoms with Gasteiger partial charge in [-0.05, 0) is 43.2 Å². The van der Waals surface area contributed by atoms with Crippen molar-refractivity contribution in [3.63, 3.8) is 0 Å². The van der Waals surface area contributed by atoms with E-state index in [2.05, 4.69) is 44.3 Å². The van der Waals surface area contributed by atoms with Crippen LogP contribution in [-0.2, 0) is 0 Å². The van der Waals surface area contributed by atoms with Crippen LogP contribution < -0.4 is 10.1 Å². The molecule has 1 aliphatic carbocycles. The Bertz CT molecular complexity index is 402. The molecule has 1 aromatic carbocycles. The molecule has 0 spiro atoms. The second kappa shape index (κ2) is 7.56. The van der Waals surface area contributed by atoms with E-state index >= 15 is 0 Å². The van der Waals surface area contributed by atoms with Crippen molar-refractivity contribution < 1.29 is 4.74 Å². The van der Waals surface area contributed by atoms with Crippen molar-refractivity contribution in [2.24, 2.45) is 11.8 Å². The Hall–Kier alpha value is -1.18. The Kier molecular flexibility index (Phi) is 5.75. The molecule has 2 atom stereocenters. The van der Waals surface area contributed by atoms with Gasteiger partial charge in [-0.25, -0.2) is 0 Å². The van der Waals surface area contributed by atoms with E-state index in [0.29, 0.717) is 12.0 Å². The maximum absolute atomic E-state index is 5.80. The predicted octanol–water partition coefficient (Wildman–Crippen LogP) is 5.10. The van der Waals surface area contributed by atoms with Gasteiger partial charge in [0.05, 0.1) is 6.61 Å². The molecule has 1 N–H and O–H groups in total. The lowest BCUT2D eigenvalue weighted by Crippen LogP contribution is -2.18. The minimum atomic E-state index is 0.565. The van der Waals surface area contributed by atoms with Crippen molar-refractivity contribution in [2.45, 2.75) is 58.9 Å². The Morgan fingerprint density at radius 2 is 2.05 bits per heavy atom. The molecule has 0 saturated heterocycles. The fourth-order valence-corrected chi connectivity index (χ4v) is 2.81. The summed E-state index contributed by atoms with van der Waals surface area (Å²) < 4.78 is 5.80. The van der Waals surface area contributed by atoms with Gasteiger partial charge >= 0.3 is 0 Å². The highest BCUT2D eigenvalue weighted by Crippen LogP contribution is 2.26. The fraction of sp³-hybridized carbons (Fsp3) is 0.667. The molecule has 1 aliphatic rings. The Morgan fingerprint density at radius 1 is 1.20 bits per heavy atom. The molecule has 1 saturated carbocycles. The van der Waals surface area contributed by atoms with Gasteiger partial charge in [0.25, 0.3) is 0 Å². The molecule has 2 rings (SSSR count). The number of hydrogen-bond donors (Lipinski definition) is 1. The van der Waals surface area contributed by atoms with Gasteiger partial charge in [-0.3, -0.25) is 0 Å². The highest BCUT2D eigenvalue weighted by molar-refractivity contribution is 5.48. The average molecular weight is 275 g/mol. The number of hydrogen-bond acceptors (Lipinski definition) is 2. The van der Waals surface area contributed by atoms with Crippen LogP contribution in [0.15, 0.2) is 24.3 Å². The second-order valence-corrected chi connectivity index (χ2v) is 6.69. The summed E-state index contributed by atoms with van der Waals surface area (Å²) in [5.74, 6) is 2.43. The van der Waals surface area contributed by atoms with E-state index in [1.807, 2.05) is 6.07 Å². The molecule has 0 aliphatic heterocycles. The summed E-state index contributed by atoms with van der Waals surface area (Å²) >= 11 is 0. The van der Waals surface area contributed by atoms with E-state index in [1.165, 1.54) is 37.8 Å².